The molecule has 108 valence electrons. The molecule has 0 aromatic heterocycles. The van der Waals surface area contributed by atoms with Crippen LogP contribution in [0.5, 0.6) is 0 Å². The molecule has 1 heterocycles. The van der Waals surface area contributed by atoms with Gasteiger partial charge in [0.1, 0.15) is 6.10 Å². The predicted molar refractivity (Wildman–Crippen MR) is 77.3 cm³/mol. The van der Waals surface area contributed by atoms with Crippen molar-refractivity contribution in [2.75, 3.05) is 6.61 Å². The maximum atomic E-state index is 12.2. The molecule has 1 N–H and O–H groups in total. The Morgan fingerprint density at radius 1 is 1.45 bits per heavy atom. The first-order valence-corrected chi connectivity index (χ1v) is 7.37. The third-order valence-electron chi connectivity index (χ3n) is 5.17. The molecule has 0 aromatic carbocycles. The van der Waals surface area contributed by atoms with Crippen LogP contribution in [0, 0.1) is 5.41 Å². The number of carbonyl (C=O) groups excluding carboxylic acids is 1. The normalized spacial score (nSPS) is 37.6. The Bertz CT molecular complexity index is 540. The summed E-state index contributed by atoms with van der Waals surface area (Å²) in [4.78, 5) is 12.2. The molecule has 3 atom stereocenters. The number of rotatable bonds is 2. The van der Waals surface area contributed by atoms with E-state index in [0.29, 0.717) is 13.0 Å². The van der Waals surface area contributed by atoms with Crippen molar-refractivity contribution in [3.05, 3.63) is 34.9 Å². The summed E-state index contributed by atoms with van der Waals surface area (Å²) in [7, 11) is 0. The van der Waals surface area contributed by atoms with Crippen LogP contribution in [0.25, 0.3) is 0 Å². The maximum absolute atomic E-state index is 12.2. The highest BCUT2D eigenvalue weighted by Crippen LogP contribution is 2.49. The first-order chi connectivity index (χ1) is 9.48. The van der Waals surface area contributed by atoms with Crippen molar-refractivity contribution in [1.82, 2.24) is 0 Å². The number of hydrogen-bond acceptors (Lipinski definition) is 3. The van der Waals surface area contributed by atoms with E-state index in [-0.39, 0.29) is 17.3 Å². The van der Waals surface area contributed by atoms with E-state index in [1.165, 1.54) is 0 Å². The van der Waals surface area contributed by atoms with Crippen LogP contribution in [0.2, 0.25) is 0 Å². The standard InChI is InChI=1S/C17H22O3/c1-4-17(3)8-7-12(18)11-9-20-16(15(11)17)14-10(2)5-6-13(14)19/h4,12,16,18H,1,5-9H2,2-3H3/t12-,16+,17+/m0/s1. The van der Waals surface area contributed by atoms with Gasteiger partial charge in [-0.25, -0.2) is 0 Å². The first-order valence-electron chi connectivity index (χ1n) is 7.37. The van der Waals surface area contributed by atoms with Crippen molar-refractivity contribution in [3.8, 4) is 0 Å². The number of Topliss-reactive ketones (excluding diaryl/α,β-unsaturated/α-hetero) is 1. The Labute approximate surface area is 120 Å². The van der Waals surface area contributed by atoms with Gasteiger partial charge in [0.25, 0.3) is 0 Å². The zero-order valence-electron chi connectivity index (χ0n) is 12.2. The van der Waals surface area contributed by atoms with Gasteiger partial charge in [-0.1, -0.05) is 18.6 Å². The summed E-state index contributed by atoms with van der Waals surface area (Å²) in [6, 6.07) is 0. The average Bonchev–Trinajstić information content (AvgIpc) is 2.99. The molecular weight excluding hydrogens is 252 g/mol. The maximum Gasteiger partial charge on any atom is 0.162 e. The van der Waals surface area contributed by atoms with Crippen LogP contribution < -0.4 is 0 Å². The number of carbonyl (C=O) groups is 1. The molecule has 0 saturated heterocycles. The van der Waals surface area contributed by atoms with Gasteiger partial charge in [-0.2, -0.15) is 0 Å². The molecule has 2 aliphatic carbocycles. The van der Waals surface area contributed by atoms with Gasteiger partial charge in [-0.3, -0.25) is 4.79 Å². The third kappa shape index (κ3) is 1.84. The summed E-state index contributed by atoms with van der Waals surface area (Å²) in [5, 5.41) is 10.2. The molecule has 20 heavy (non-hydrogen) atoms. The lowest BCUT2D eigenvalue weighted by atomic mass is 9.68. The lowest BCUT2D eigenvalue weighted by Crippen LogP contribution is -2.33. The Hall–Kier alpha value is -1.19. The number of ether oxygens (including phenoxy) is 1. The number of ketones is 1. The second-order valence-electron chi connectivity index (χ2n) is 6.42. The summed E-state index contributed by atoms with van der Waals surface area (Å²) >= 11 is 0. The molecule has 0 bridgehead atoms. The van der Waals surface area contributed by atoms with E-state index in [2.05, 4.69) is 13.5 Å². The van der Waals surface area contributed by atoms with E-state index in [1.54, 1.807) is 0 Å². The fourth-order valence-electron chi connectivity index (χ4n) is 3.81. The molecule has 0 unspecified atom stereocenters. The minimum atomic E-state index is -0.430. The van der Waals surface area contributed by atoms with Gasteiger partial charge < -0.3 is 9.84 Å². The lowest BCUT2D eigenvalue weighted by Gasteiger charge is -2.37. The molecular formula is C17H22O3. The molecule has 0 saturated carbocycles. The molecule has 0 radical (unpaired) electrons. The van der Waals surface area contributed by atoms with Crippen LogP contribution in [0.3, 0.4) is 0 Å². The van der Waals surface area contributed by atoms with E-state index in [1.807, 2.05) is 13.0 Å². The van der Waals surface area contributed by atoms with Gasteiger partial charge in [-0.15, -0.1) is 6.58 Å². The van der Waals surface area contributed by atoms with Gasteiger partial charge in [-0.05, 0) is 37.3 Å². The van der Waals surface area contributed by atoms with Gasteiger partial charge in [0.05, 0.1) is 12.7 Å². The zero-order chi connectivity index (χ0) is 14.5. The Kier molecular flexibility index (Phi) is 3.22. The van der Waals surface area contributed by atoms with E-state index < -0.39 is 6.10 Å². The average molecular weight is 274 g/mol. The molecule has 0 spiro atoms. The molecule has 0 aromatic rings. The molecule has 3 heteroatoms. The molecule has 3 rings (SSSR count). The smallest absolute Gasteiger partial charge is 0.162 e. The van der Waals surface area contributed by atoms with Crippen LogP contribution in [0.1, 0.15) is 39.5 Å². The van der Waals surface area contributed by atoms with Gasteiger partial charge in [0, 0.05) is 17.4 Å². The van der Waals surface area contributed by atoms with Crippen molar-refractivity contribution in [1.29, 1.82) is 0 Å². The zero-order valence-corrected chi connectivity index (χ0v) is 12.2. The Morgan fingerprint density at radius 2 is 2.20 bits per heavy atom. The Balaban J connectivity index is 2.09. The fraction of sp³-hybridized carbons (Fsp3) is 0.588. The highest BCUT2D eigenvalue weighted by atomic mass is 16.5. The van der Waals surface area contributed by atoms with Gasteiger partial charge >= 0.3 is 0 Å². The van der Waals surface area contributed by atoms with E-state index >= 15 is 0 Å². The summed E-state index contributed by atoms with van der Waals surface area (Å²) in [6.45, 7) is 8.57. The number of hydrogen-bond donors (Lipinski definition) is 1. The number of aliphatic hydroxyl groups excluding tert-OH is 1. The number of aliphatic hydroxyl groups is 1. The minimum absolute atomic E-state index is 0.175. The van der Waals surface area contributed by atoms with E-state index in [9.17, 15) is 9.90 Å². The van der Waals surface area contributed by atoms with Crippen molar-refractivity contribution in [2.45, 2.75) is 51.7 Å². The molecule has 0 fully saturated rings. The largest absolute Gasteiger partial charge is 0.389 e. The molecule has 0 amide bonds. The van der Waals surface area contributed by atoms with Crippen LogP contribution in [-0.2, 0) is 9.53 Å². The van der Waals surface area contributed by atoms with E-state index in [0.717, 1.165) is 41.6 Å². The quantitative estimate of drug-likeness (QED) is 0.788. The topological polar surface area (TPSA) is 46.5 Å². The molecule has 1 aliphatic heterocycles. The van der Waals surface area contributed by atoms with Gasteiger partial charge in [0.2, 0.25) is 0 Å². The second-order valence-corrected chi connectivity index (χ2v) is 6.42. The summed E-state index contributed by atoms with van der Waals surface area (Å²) in [5.74, 6) is 0.202. The predicted octanol–water partition coefficient (Wildman–Crippen LogP) is 2.71. The monoisotopic (exact) mass is 274 g/mol. The SMILES string of the molecule is C=C[C@]1(C)CC[C@H](O)C2=C1[C@@H](C1=C(C)CCC1=O)OC2. The van der Waals surface area contributed by atoms with Crippen LogP contribution in [-0.4, -0.2) is 29.7 Å². The van der Waals surface area contributed by atoms with Crippen LogP contribution in [0.15, 0.2) is 34.9 Å². The molecule has 3 nitrogen and oxygen atoms in total. The summed E-state index contributed by atoms with van der Waals surface area (Å²) in [6.07, 6.45) is 4.28. The van der Waals surface area contributed by atoms with E-state index in [4.69, 9.17) is 4.74 Å². The fourth-order valence-corrected chi connectivity index (χ4v) is 3.81. The summed E-state index contributed by atoms with van der Waals surface area (Å²) in [5.41, 5.74) is 3.86. The van der Waals surface area contributed by atoms with Crippen molar-refractivity contribution in [2.24, 2.45) is 5.41 Å². The lowest BCUT2D eigenvalue weighted by molar-refractivity contribution is -0.115. The highest BCUT2D eigenvalue weighted by Gasteiger charge is 2.46. The number of allylic oxidation sites excluding steroid dienone is 2. The van der Waals surface area contributed by atoms with Crippen molar-refractivity contribution in [3.63, 3.8) is 0 Å². The van der Waals surface area contributed by atoms with Crippen molar-refractivity contribution >= 4 is 5.78 Å². The summed E-state index contributed by atoms with van der Waals surface area (Å²) < 4.78 is 5.93. The third-order valence-corrected chi connectivity index (χ3v) is 5.17. The first kappa shape index (κ1) is 13.8. The highest BCUT2D eigenvalue weighted by molar-refractivity contribution is 6.00. The van der Waals surface area contributed by atoms with Crippen LogP contribution in [0.4, 0.5) is 0 Å². The minimum Gasteiger partial charge on any atom is -0.389 e. The van der Waals surface area contributed by atoms with Crippen molar-refractivity contribution < 1.29 is 14.6 Å². The Morgan fingerprint density at radius 3 is 2.80 bits per heavy atom. The molecule has 3 aliphatic rings. The van der Waals surface area contributed by atoms with Gasteiger partial charge in [0.15, 0.2) is 5.78 Å². The van der Waals surface area contributed by atoms with Crippen LogP contribution >= 0.6 is 0 Å². The second kappa shape index (κ2) is 4.68.